The van der Waals surface area contributed by atoms with Crippen LogP contribution in [0.3, 0.4) is 0 Å². The molecule has 7 heteroatoms. The highest BCUT2D eigenvalue weighted by atomic mass is 19.4. The van der Waals surface area contributed by atoms with Crippen LogP contribution in [-0.4, -0.2) is 31.8 Å². The quantitative estimate of drug-likeness (QED) is 0.872. The highest BCUT2D eigenvalue weighted by Gasteiger charge is 2.29. The number of amides is 2. The molecule has 2 amide bonds. The van der Waals surface area contributed by atoms with Gasteiger partial charge >= 0.3 is 12.2 Å². The van der Waals surface area contributed by atoms with Crippen molar-refractivity contribution in [1.29, 1.82) is 0 Å². The third kappa shape index (κ3) is 5.74. The average Bonchev–Trinajstić information content (AvgIpc) is 2.98. The van der Waals surface area contributed by atoms with E-state index in [2.05, 4.69) is 10.6 Å². The topological polar surface area (TPSA) is 50.4 Å². The molecule has 1 aromatic rings. The van der Waals surface area contributed by atoms with Crippen LogP contribution in [0.1, 0.15) is 24.5 Å². The largest absolute Gasteiger partial charge is 0.416 e. The van der Waals surface area contributed by atoms with Gasteiger partial charge < -0.3 is 15.4 Å². The minimum absolute atomic E-state index is 0.174. The van der Waals surface area contributed by atoms with Gasteiger partial charge in [-0.3, -0.25) is 0 Å². The van der Waals surface area contributed by atoms with Gasteiger partial charge in [0.2, 0.25) is 0 Å². The first-order chi connectivity index (χ1) is 10.8. The molecule has 2 rings (SSSR count). The fourth-order valence-corrected chi connectivity index (χ4v) is 2.49. The molecular weight excluding hydrogens is 309 g/mol. The van der Waals surface area contributed by atoms with Gasteiger partial charge in [-0.1, -0.05) is 12.1 Å². The summed E-state index contributed by atoms with van der Waals surface area (Å²) in [5, 5.41) is 5.58. The lowest BCUT2D eigenvalue weighted by molar-refractivity contribution is -0.137. The Labute approximate surface area is 133 Å². The number of nitrogens with one attached hydrogen (secondary N) is 2. The summed E-state index contributed by atoms with van der Waals surface area (Å²) in [6.45, 7) is 3.79. The molecule has 0 spiro atoms. The van der Waals surface area contributed by atoms with Crippen LogP contribution < -0.4 is 10.6 Å². The van der Waals surface area contributed by atoms with Gasteiger partial charge in [0, 0.05) is 25.1 Å². The van der Waals surface area contributed by atoms with Crippen molar-refractivity contribution in [2.24, 2.45) is 5.92 Å². The zero-order valence-electron chi connectivity index (χ0n) is 13.0. The van der Waals surface area contributed by atoms with Crippen LogP contribution >= 0.6 is 0 Å². The van der Waals surface area contributed by atoms with Crippen molar-refractivity contribution in [2.45, 2.75) is 32.0 Å². The number of carbonyl (C=O) groups is 1. The maximum Gasteiger partial charge on any atom is 0.416 e. The summed E-state index contributed by atoms with van der Waals surface area (Å²) in [5.41, 5.74) is 0.0772. The molecule has 0 aromatic heterocycles. The SMILES string of the molecule is C[C@@H](Cc1ccc(C(F)(F)F)cc1)NC(=O)NC[C@H]1CCOC1. The van der Waals surface area contributed by atoms with Gasteiger partial charge in [0.1, 0.15) is 0 Å². The number of hydrogen-bond acceptors (Lipinski definition) is 2. The average molecular weight is 330 g/mol. The molecule has 1 aromatic carbocycles. The number of ether oxygens (including phenoxy) is 1. The van der Waals surface area contributed by atoms with E-state index in [9.17, 15) is 18.0 Å². The predicted molar refractivity (Wildman–Crippen MR) is 80.1 cm³/mol. The summed E-state index contributed by atoms with van der Waals surface area (Å²) in [6.07, 6.45) is -2.91. The van der Waals surface area contributed by atoms with Gasteiger partial charge in [-0.25, -0.2) is 4.79 Å². The predicted octanol–water partition coefficient (Wildman–Crippen LogP) is 2.97. The van der Waals surface area contributed by atoms with E-state index in [1.54, 1.807) is 0 Å². The Kier molecular flexibility index (Phi) is 5.87. The van der Waals surface area contributed by atoms with Gasteiger partial charge in [-0.15, -0.1) is 0 Å². The summed E-state index contributed by atoms with van der Waals surface area (Å²) >= 11 is 0. The van der Waals surface area contributed by atoms with Crippen molar-refractivity contribution < 1.29 is 22.7 Å². The van der Waals surface area contributed by atoms with Crippen LogP contribution in [0.5, 0.6) is 0 Å². The van der Waals surface area contributed by atoms with Crippen LogP contribution in [0.25, 0.3) is 0 Å². The zero-order chi connectivity index (χ0) is 16.9. The summed E-state index contributed by atoms with van der Waals surface area (Å²) in [6, 6.07) is 4.55. The Morgan fingerprint density at radius 2 is 2.04 bits per heavy atom. The molecule has 0 aliphatic carbocycles. The summed E-state index contributed by atoms with van der Waals surface area (Å²) < 4.78 is 42.7. The monoisotopic (exact) mass is 330 g/mol. The first-order valence-electron chi connectivity index (χ1n) is 7.63. The second-order valence-corrected chi connectivity index (χ2v) is 5.88. The highest BCUT2D eigenvalue weighted by Crippen LogP contribution is 2.29. The molecule has 23 heavy (non-hydrogen) atoms. The zero-order valence-corrected chi connectivity index (χ0v) is 13.0. The number of hydrogen-bond donors (Lipinski definition) is 2. The Morgan fingerprint density at radius 3 is 2.61 bits per heavy atom. The van der Waals surface area contributed by atoms with Gasteiger partial charge in [0.05, 0.1) is 12.2 Å². The van der Waals surface area contributed by atoms with E-state index in [1.165, 1.54) is 12.1 Å². The Bertz CT molecular complexity index is 511. The van der Waals surface area contributed by atoms with Crippen LogP contribution in [0, 0.1) is 5.92 Å². The minimum atomic E-state index is -4.33. The van der Waals surface area contributed by atoms with Crippen molar-refractivity contribution in [3.05, 3.63) is 35.4 Å². The molecule has 1 saturated heterocycles. The fourth-order valence-electron chi connectivity index (χ4n) is 2.49. The van der Waals surface area contributed by atoms with Gasteiger partial charge in [-0.05, 0) is 37.5 Å². The first kappa shape index (κ1) is 17.6. The van der Waals surface area contributed by atoms with Crippen molar-refractivity contribution in [3.8, 4) is 0 Å². The molecule has 0 radical (unpaired) electrons. The molecule has 4 nitrogen and oxygen atoms in total. The third-order valence-electron chi connectivity index (χ3n) is 3.78. The van der Waals surface area contributed by atoms with E-state index in [0.29, 0.717) is 25.5 Å². The maximum absolute atomic E-state index is 12.5. The van der Waals surface area contributed by atoms with E-state index >= 15 is 0 Å². The van der Waals surface area contributed by atoms with Crippen molar-refractivity contribution in [2.75, 3.05) is 19.8 Å². The van der Waals surface area contributed by atoms with E-state index in [1.807, 2.05) is 6.92 Å². The molecule has 1 heterocycles. The molecule has 0 unspecified atom stereocenters. The van der Waals surface area contributed by atoms with E-state index < -0.39 is 11.7 Å². The van der Waals surface area contributed by atoms with Gasteiger partial charge in [-0.2, -0.15) is 13.2 Å². The Balaban J connectivity index is 1.75. The van der Waals surface area contributed by atoms with Crippen molar-refractivity contribution in [1.82, 2.24) is 10.6 Å². The molecule has 0 saturated carbocycles. The fraction of sp³-hybridized carbons (Fsp3) is 0.562. The van der Waals surface area contributed by atoms with Crippen LogP contribution in [0.2, 0.25) is 0 Å². The molecule has 2 N–H and O–H groups in total. The second-order valence-electron chi connectivity index (χ2n) is 5.88. The number of benzene rings is 1. The molecular formula is C16H21F3N2O2. The number of halogens is 3. The lowest BCUT2D eigenvalue weighted by Crippen LogP contribution is -2.43. The first-order valence-corrected chi connectivity index (χ1v) is 7.63. The Morgan fingerprint density at radius 1 is 1.35 bits per heavy atom. The molecule has 1 aliphatic rings. The van der Waals surface area contributed by atoms with E-state index in [0.717, 1.165) is 30.7 Å². The van der Waals surface area contributed by atoms with Gasteiger partial charge in [0.15, 0.2) is 0 Å². The number of rotatable bonds is 5. The molecule has 2 atom stereocenters. The van der Waals surface area contributed by atoms with Crippen LogP contribution in [0.4, 0.5) is 18.0 Å². The number of alkyl halides is 3. The highest BCUT2D eigenvalue weighted by molar-refractivity contribution is 5.74. The molecule has 1 fully saturated rings. The molecule has 0 bridgehead atoms. The lowest BCUT2D eigenvalue weighted by Gasteiger charge is -2.16. The maximum atomic E-state index is 12.5. The third-order valence-corrected chi connectivity index (χ3v) is 3.78. The van der Waals surface area contributed by atoms with Gasteiger partial charge in [0.25, 0.3) is 0 Å². The lowest BCUT2D eigenvalue weighted by atomic mass is 10.1. The van der Waals surface area contributed by atoms with Crippen molar-refractivity contribution >= 4 is 6.03 Å². The second kappa shape index (κ2) is 7.68. The smallest absolute Gasteiger partial charge is 0.381 e. The standard InChI is InChI=1S/C16H21F3N2O2/c1-11(21-15(22)20-9-13-6-7-23-10-13)8-12-2-4-14(5-3-12)16(17,18)19/h2-5,11,13H,6-10H2,1H3,(H2,20,21,22)/t11-,13+/m0/s1. The Hall–Kier alpha value is -1.76. The number of carbonyl (C=O) groups excluding carboxylic acids is 1. The molecule has 128 valence electrons. The number of urea groups is 1. The normalized spacial score (nSPS) is 19.4. The minimum Gasteiger partial charge on any atom is -0.381 e. The van der Waals surface area contributed by atoms with Crippen LogP contribution in [0.15, 0.2) is 24.3 Å². The summed E-state index contributed by atoms with van der Waals surface area (Å²) in [4.78, 5) is 11.8. The summed E-state index contributed by atoms with van der Waals surface area (Å²) in [5.74, 6) is 0.353. The van der Waals surface area contributed by atoms with Crippen LogP contribution in [-0.2, 0) is 17.3 Å². The van der Waals surface area contributed by atoms with E-state index in [4.69, 9.17) is 4.74 Å². The van der Waals surface area contributed by atoms with Crippen molar-refractivity contribution in [3.63, 3.8) is 0 Å². The van der Waals surface area contributed by atoms with E-state index in [-0.39, 0.29) is 12.1 Å². The molecule has 1 aliphatic heterocycles. The summed E-state index contributed by atoms with van der Waals surface area (Å²) in [7, 11) is 0.